The van der Waals surface area contributed by atoms with E-state index in [0.29, 0.717) is 41.3 Å². The molecule has 0 atom stereocenters. The highest BCUT2D eigenvalue weighted by atomic mass is 35.5. The van der Waals surface area contributed by atoms with Crippen LogP contribution in [0.3, 0.4) is 0 Å². The number of likely N-dealkylation sites (N-methyl/N-ethyl adjacent to an activating group) is 2. The van der Waals surface area contributed by atoms with E-state index in [1.54, 1.807) is 31.3 Å². The molecule has 3 aromatic rings. The summed E-state index contributed by atoms with van der Waals surface area (Å²) < 4.78 is 43.6. The van der Waals surface area contributed by atoms with E-state index >= 15 is 0 Å². The third kappa shape index (κ3) is 5.16. The summed E-state index contributed by atoms with van der Waals surface area (Å²) in [5, 5.41) is 0.631. The van der Waals surface area contributed by atoms with Gasteiger partial charge in [0.05, 0.1) is 18.0 Å². The van der Waals surface area contributed by atoms with Crippen molar-refractivity contribution in [2.45, 2.75) is 11.4 Å². The van der Waals surface area contributed by atoms with Gasteiger partial charge in [0.25, 0.3) is 0 Å². The number of carbonyl (C=O) groups excluding carboxylic acids is 1. The Labute approximate surface area is 197 Å². The van der Waals surface area contributed by atoms with Crippen molar-refractivity contribution in [3.8, 4) is 22.8 Å². The topological polar surface area (TPSA) is 89.3 Å². The summed E-state index contributed by atoms with van der Waals surface area (Å²) in [6, 6.07) is 15.2. The minimum absolute atomic E-state index is 0.0309. The lowest BCUT2D eigenvalue weighted by molar-refractivity contribution is -0.130. The smallest absolute Gasteiger partial charge is 0.243 e. The number of carbonyl (C=O) groups is 1. The van der Waals surface area contributed by atoms with Gasteiger partial charge >= 0.3 is 0 Å². The van der Waals surface area contributed by atoms with Gasteiger partial charge < -0.3 is 18.8 Å². The van der Waals surface area contributed by atoms with Crippen molar-refractivity contribution in [2.75, 3.05) is 33.9 Å². The molecule has 2 heterocycles. The van der Waals surface area contributed by atoms with Gasteiger partial charge in [-0.2, -0.15) is 4.31 Å². The minimum Gasteiger partial charge on any atom is -0.486 e. The Morgan fingerprint density at radius 3 is 2.39 bits per heavy atom. The summed E-state index contributed by atoms with van der Waals surface area (Å²) in [6.45, 7) is 0.640. The van der Waals surface area contributed by atoms with E-state index in [1.807, 2.05) is 18.2 Å². The molecular weight excluding hydrogens is 468 g/mol. The fourth-order valence-corrected chi connectivity index (χ4v) is 4.58. The number of rotatable bonds is 7. The van der Waals surface area contributed by atoms with Gasteiger partial charge in [-0.05, 0) is 48.5 Å². The van der Waals surface area contributed by atoms with Crippen LogP contribution in [0.1, 0.15) is 5.76 Å². The van der Waals surface area contributed by atoms with Crippen LogP contribution < -0.4 is 9.47 Å². The van der Waals surface area contributed by atoms with E-state index in [0.717, 1.165) is 9.87 Å². The molecule has 0 N–H and O–H groups in total. The van der Waals surface area contributed by atoms with Crippen LogP contribution in [-0.2, 0) is 21.4 Å². The number of amides is 1. The Morgan fingerprint density at radius 1 is 0.970 bits per heavy atom. The molecule has 2 aromatic carbocycles. The van der Waals surface area contributed by atoms with Crippen LogP contribution in [0, 0.1) is 0 Å². The number of halogens is 1. The van der Waals surface area contributed by atoms with Crippen LogP contribution in [0.2, 0.25) is 5.02 Å². The fourth-order valence-electron chi connectivity index (χ4n) is 3.31. The van der Waals surface area contributed by atoms with Gasteiger partial charge in [0.15, 0.2) is 11.5 Å². The van der Waals surface area contributed by atoms with Crippen molar-refractivity contribution in [3.63, 3.8) is 0 Å². The molecule has 8 nitrogen and oxygen atoms in total. The first kappa shape index (κ1) is 23.2. The van der Waals surface area contributed by atoms with Crippen LogP contribution in [0.5, 0.6) is 11.5 Å². The summed E-state index contributed by atoms with van der Waals surface area (Å²) in [5.41, 5.74) is 0.866. The molecule has 4 rings (SSSR count). The van der Waals surface area contributed by atoms with Crippen molar-refractivity contribution in [3.05, 3.63) is 65.4 Å². The molecule has 0 saturated carbocycles. The summed E-state index contributed by atoms with van der Waals surface area (Å²) in [5.74, 6) is 1.72. The number of sulfonamides is 1. The van der Waals surface area contributed by atoms with Gasteiger partial charge in [-0.3, -0.25) is 4.79 Å². The highest BCUT2D eigenvalue weighted by Gasteiger charge is 2.26. The highest BCUT2D eigenvalue weighted by molar-refractivity contribution is 7.89. The van der Waals surface area contributed by atoms with E-state index in [2.05, 4.69) is 0 Å². The molecule has 1 aliphatic heterocycles. The molecule has 0 aliphatic carbocycles. The molecular formula is C23H23ClN2O6S. The predicted octanol–water partition coefficient (Wildman–Crippen LogP) is 3.65. The average molecular weight is 491 g/mol. The Kier molecular flexibility index (Phi) is 6.64. The standard InChI is InChI=1S/C23H23ClN2O6S/c1-25(14-18-7-9-20(32-18)16-3-5-17(24)6-4-16)23(27)15-26(2)33(28,29)19-8-10-21-22(13-19)31-12-11-30-21/h3-10,13H,11-12,14-15H2,1-2H3. The van der Waals surface area contributed by atoms with E-state index in [4.69, 9.17) is 25.5 Å². The molecule has 0 radical (unpaired) electrons. The van der Waals surface area contributed by atoms with Gasteiger partial charge in [0.2, 0.25) is 15.9 Å². The number of furan rings is 1. The van der Waals surface area contributed by atoms with E-state index in [-0.39, 0.29) is 23.9 Å². The second-order valence-corrected chi connectivity index (χ2v) is 10.1. The van der Waals surface area contributed by atoms with Crippen LogP contribution >= 0.6 is 11.6 Å². The average Bonchev–Trinajstić information content (AvgIpc) is 3.27. The van der Waals surface area contributed by atoms with Crippen molar-refractivity contribution < 1.29 is 27.1 Å². The number of hydrogen-bond acceptors (Lipinski definition) is 6. The Bertz CT molecular complexity index is 1260. The molecule has 0 saturated heterocycles. The maximum absolute atomic E-state index is 12.9. The summed E-state index contributed by atoms with van der Waals surface area (Å²) in [7, 11) is -0.934. The van der Waals surface area contributed by atoms with Gasteiger partial charge in [0.1, 0.15) is 24.7 Å². The number of ether oxygens (including phenoxy) is 2. The third-order valence-corrected chi connectivity index (χ3v) is 7.24. The van der Waals surface area contributed by atoms with Gasteiger partial charge in [-0.1, -0.05) is 11.6 Å². The van der Waals surface area contributed by atoms with Crippen molar-refractivity contribution in [1.82, 2.24) is 9.21 Å². The monoisotopic (exact) mass is 490 g/mol. The normalized spacial score (nSPS) is 13.2. The van der Waals surface area contributed by atoms with Crippen LogP contribution in [0.15, 0.2) is 63.9 Å². The maximum Gasteiger partial charge on any atom is 0.243 e. The van der Waals surface area contributed by atoms with Crippen molar-refractivity contribution in [2.24, 2.45) is 0 Å². The number of hydrogen-bond donors (Lipinski definition) is 0. The van der Waals surface area contributed by atoms with E-state index in [9.17, 15) is 13.2 Å². The predicted molar refractivity (Wildman–Crippen MR) is 123 cm³/mol. The molecule has 10 heteroatoms. The Morgan fingerprint density at radius 2 is 1.67 bits per heavy atom. The lowest BCUT2D eigenvalue weighted by atomic mass is 10.2. The highest BCUT2D eigenvalue weighted by Crippen LogP contribution is 2.33. The SMILES string of the molecule is CN(Cc1ccc(-c2ccc(Cl)cc2)o1)C(=O)CN(C)S(=O)(=O)c1ccc2c(c1)OCCO2. The zero-order valence-electron chi connectivity index (χ0n) is 18.2. The fraction of sp³-hybridized carbons (Fsp3) is 0.261. The lowest BCUT2D eigenvalue weighted by Crippen LogP contribution is -2.39. The molecule has 0 unspecified atom stereocenters. The van der Waals surface area contributed by atoms with Crippen LogP contribution in [0.25, 0.3) is 11.3 Å². The van der Waals surface area contributed by atoms with Gasteiger partial charge in [-0.25, -0.2) is 8.42 Å². The number of fused-ring (bicyclic) bond motifs is 1. The second-order valence-electron chi connectivity index (χ2n) is 7.59. The molecule has 0 spiro atoms. The Balaban J connectivity index is 1.39. The zero-order valence-corrected chi connectivity index (χ0v) is 19.7. The van der Waals surface area contributed by atoms with Crippen molar-refractivity contribution in [1.29, 1.82) is 0 Å². The molecule has 174 valence electrons. The summed E-state index contributed by atoms with van der Waals surface area (Å²) in [6.07, 6.45) is 0. The van der Waals surface area contributed by atoms with E-state index in [1.165, 1.54) is 24.1 Å². The van der Waals surface area contributed by atoms with Gasteiger partial charge in [-0.15, -0.1) is 0 Å². The summed E-state index contributed by atoms with van der Waals surface area (Å²) >= 11 is 5.92. The summed E-state index contributed by atoms with van der Waals surface area (Å²) in [4.78, 5) is 14.1. The van der Waals surface area contributed by atoms with E-state index < -0.39 is 10.0 Å². The number of nitrogens with zero attached hydrogens (tertiary/aromatic N) is 2. The lowest BCUT2D eigenvalue weighted by Gasteiger charge is -2.22. The Hall–Kier alpha value is -3.01. The first-order valence-electron chi connectivity index (χ1n) is 10.2. The quantitative estimate of drug-likeness (QED) is 0.502. The molecule has 1 aliphatic rings. The third-order valence-electron chi connectivity index (χ3n) is 5.19. The maximum atomic E-state index is 12.9. The molecule has 33 heavy (non-hydrogen) atoms. The van der Waals surface area contributed by atoms with Gasteiger partial charge in [0, 0.05) is 30.7 Å². The zero-order chi connectivity index (χ0) is 23.6. The van der Waals surface area contributed by atoms with Crippen LogP contribution in [-0.4, -0.2) is 57.4 Å². The first-order valence-corrected chi connectivity index (χ1v) is 12.0. The van der Waals surface area contributed by atoms with Crippen molar-refractivity contribution >= 4 is 27.5 Å². The first-order chi connectivity index (χ1) is 15.7. The molecule has 0 fully saturated rings. The molecule has 1 aromatic heterocycles. The number of benzene rings is 2. The minimum atomic E-state index is -3.89. The largest absolute Gasteiger partial charge is 0.486 e. The molecule has 0 bridgehead atoms. The molecule has 1 amide bonds. The second kappa shape index (κ2) is 9.46. The van der Waals surface area contributed by atoms with Crippen LogP contribution in [0.4, 0.5) is 0 Å².